The lowest BCUT2D eigenvalue weighted by molar-refractivity contribution is -0.197. The molecule has 0 aromatic rings. The van der Waals surface area contributed by atoms with Crippen molar-refractivity contribution in [1.82, 2.24) is 4.90 Å². The second-order valence-electron chi connectivity index (χ2n) is 9.96. The first-order valence-corrected chi connectivity index (χ1v) is 10.4. The summed E-state index contributed by atoms with van der Waals surface area (Å²) < 4.78 is 5.53. The van der Waals surface area contributed by atoms with Crippen LogP contribution < -0.4 is 0 Å². The van der Waals surface area contributed by atoms with Crippen LogP contribution in [0.25, 0.3) is 0 Å². The van der Waals surface area contributed by atoms with Crippen LogP contribution in [0.5, 0.6) is 0 Å². The molecule has 5 heteroatoms. The fourth-order valence-corrected chi connectivity index (χ4v) is 6.67. The molecule has 146 valence electrons. The van der Waals surface area contributed by atoms with Crippen LogP contribution in [0.4, 0.5) is 0 Å². The number of hydrogen-bond acceptors (Lipinski definition) is 4. The molecule has 2 unspecified atom stereocenters. The molecule has 5 fully saturated rings. The van der Waals surface area contributed by atoms with Gasteiger partial charge in [0, 0.05) is 13.1 Å². The molecule has 26 heavy (non-hydrogen) atoms. The number of rotatable bonds is 4. The minimum atomic E-state index is -0.678. The van der Waals surface area contributed by atoms with Crippen molar-refractivity contribution in [2.24, 2.45) is 23.2 Å². The molecule has 4 bridgehead atoms. The highest BCUT2D eigenvalue weighted by Gasteiger charge is 2.60. The quantitative estimate of drug-likeness (QED) is 0.780. The maximum absolute atomic E-state index is 12.9. The summed E-state index contributed by atoms with van der Waals surface area (Å²) in [6.45, 7) is 2.11. The molecule has 5 aliphatic carbocycles. The number of likely N-dealkylation sites (N-methyl/N-ethyl adjacent to an activating group) is 1. The van der Waals surface area contributed by atoms with E-state index in [2.05, 4.69) is 6.92 Å². The molecule has 5 rings (SSSR count). The van der Waals surface area contributed by atoms with Crippen molar-refractivity contribution in [2.75, 3.05) is 13.7 Å². The number of carbonyl (C=O) groups is 2. The SMILES string of the molecule is CC1CCC(N(C)C(=O)COC(=O)C23CC4CC(CC(O)(C4)C2)C3)CC1. The topological polar surface area (TPSA) is 66.8 Å². The molecule has 0 aromatic carbocycles. The monoisotopic (exact) mass is 363 g/mol. The van der Waals surface area contributed by atoms with Crippen molar-refractivity contribution in [2.45, 2.75) is 82.8 Å². The van der Waals surface area contributed by atoms with Crippen LogP contribution in [0.3, 0.4) is 0 Å². The number of esters is 1. The molecule has 1 amide bonds. The maximum atomic E-state index is 12.9. The van der Waals surface area contributed by atoms with Crippen molar-refractivity contribution >= 4 is 11.9 Å². The van der Waals surface area contributed by atoms with Gasteiger partial charge in [0.1, 0.15) is 0 Å². The van der Waals surface area contributed by atoms with Crippen molar-refractivity contribution in [3.8, 4) is 0 Å². The van der Waals surface area contributed by atoms with Crippen LogP contribution in [0.2, 0.25) is 0 Å². The van der Waals surface area contributed by atoms with Gasteiger partial charge in [-0.2, -0.15) is 0 Å². The molecule has 0 spiro atoms. The number of amides is 1. The van der Waals surface area contributed by atoms with Crippen molar-refractivity contribution in [3.05, 3.63) is 0 Å². The molecule has 5 saturated carbocycles. The summed E-state index contributed by atoms with van der Waals surface area (Å²) in [5.41, 5.74) is -1.22. The van der Waals surface area contributed by atoms with Crippen LogP contribution in [0, 0.1) is 23.2 Å². The Morgan fingerprint density at radius 1 is 1.08 bits per heavy atom. The molecule has 5 aliphatic rings. The van der Waals surface area contributed by atoms with Gasteiger partial charge in [-0.1, -0.05) is 6.92 Å². The van der Waals surface area contributed by atoms with Gasteiger partial charge in [-0.15, -0.1) is 0 Å². The van der Waals surface area contributed by atoms with Gasteiger partial charge in [0.25, 0.3) is 5.91 Å². The molecule has 5 nitrogen and oxygen atoms in total. The van der Waals surface area contributed by atoms with E-state index in [1.165, 1.54) is 0 Å². The summed E-state index contributed by atoms with van der Waals surface area (Å²) in [5.74, 6) is 1.28. The highest BCUT2D eigenvalue weighted by molar-refractivity contribution is 5.83. The number of hydrogen-bond donors (Lipinski definition) is 1. The molecule has 1 N–H and O–H groups in total. The molecule has 2 atom stereocenters. The number of carbonyl (C=O) groups excluding carboxylic acids is 2. The highest BCUT2D eigenvalue weighted by atomic mass is 16.5. The Balaban J connectivity index is 1.33. The lowest BCUT2D eigenvalue weighted by Gasteiger charge is -2.58. The summed E-state index contributed by atoms with van der Waals surface area (Å²) in [6, 6.07) is 0.276. The molecule has 0 aliphatic heterocycles. The van der Waals surface area contributed by atoms with E-state index in [0.29, 0.717) is 18.3 Å². The minimum Gasteiger partial charge on any atom is -0.455 e. The molecule has 0 saturated heterocycles. The summed E-state index contributed by atoms with van der Waals surface area (Å²) >= 11 is 0. The van der Waals surface area contributed by atoms with E-state index in [9.17, 15) is 14.7 Å². The Morgan fingerprint density at radius 2 is 1.69 bits per heavy atom. The van der Waals surface area contributed by atoms with Crippen molar-refractivity contribution in [1.29, 1.82) is 0 Å². The van der Waals surface area contributed by atoms with Crippen LogP contribution in [-0.2, 0) is 14.3 Å². The zero-order chi connectivity index (χ0) is 18.5. The average Bonchev–Trinajstić information content (AvgIpc) is 2.57. The largest absolute Gasteiger partial charge is 0.455 e. The van der Waals surface area contributed by atoms with E-state index >= 15 is 0 Å². The van der Waals surface area contributed by atoms with E-state index in [1.54, 1.807) is 4.90 Å². The summed E-state index contributed by atoms with van der Waals surface area (Å²) in [5, 5.41) is 10.8. The zero-order valence-corrected chi connectivity index (χ0v) is 16.2. The Hall–Kier alpha value is -1.10. The third kappa shape index (κ3) is 3.28. The van der Waals surface area contributed by atoms with Crippen LogP contribution in [0.1, 0.15) is 71.1 Å². The molecular formula is C21H33NO4. The third-order valence-electron chi connectivity index (χ3n) is 7.72. The zero-order valence-electron chi connectivity index (χ0n) is 16.2. The number of nitrogens with zero attached hydrogens (tertiary/aromatic N) is 1. The predicted molar refractivity (Wildman–Crippen MR) is 97.2 cm³/mol. The maximum Gasteiger partial charge on any atom is 0.312 e. The van der Waals surface area contributed by atoms with Gasteiger partial charge >= 0.3 is 5.97 Å². The summed E-state index contributed by atoms with van der Waals surface area (Å²) in [4.78, 5) is 27.2. The van der Waals surface area contributed by atoms with E-state index in [4.69, 9.17) is 4.74 Å². The fourth-order valence-electron chi connectivity index (χ4n) is 6.67. The Bertz CT molecular complexity index is 567. The van der Waals surface area contributed by atoms with E-state index < -0.39 is 11.0 Å². The van der Waals surface area contributed by atoms with Gasteiger partial charge in [0.2, 0.25) is 0 Å². The van der Waals surface area contributed by atoms with E-state index in [1.807, 2.05) is 7.05 Å². The van der Waals surface area contributed by atoms with Crippen LogP contribution >= 0.6 is 0 Å². The van der Waals surface area contributed by atoms with E-state index in [-0.39, 0.29) is 24.5 Å². The average molecular weight is 363 g/mol. The molecular weight excluding hydrogens is 330 g/mol. The summed E-state index contributed by atoms with van der Waals surface area (Å²) in [7, 11) is 1.84. The van der Waals surface area contributed by atoms with Gasteiger partial charge < -0.3 is 14.7 Å². The first-order valence-electron chi connectivity index (χ1n) is 10.4. The molecule has 0 heterocycles. The third-order valence-corrected chi connectivity index (χ3v) is 7.72. The molecule has 0 radical (unpaired) electrons. The fraction of sp³-hybridized carbons (Fsp3) is 0.905. The lowest BCUT2D eigenvalue weighted by Crippen LogP contribution is -2.58. The normalized spacial score (nSPS) is 44.0. The predicted octanol–water partition coefficient (Wildman–Crippen LogP) is 2.90. The summed E-state index contributed by atoms with van der Waals surface area (Å²) in [6.07, 6.45) is 9.38. The smallest absolute Gasteiger partial charge is 0.312 e. The van der Waals surface area contributed by atoms with Crippen LogP contribution in [0.15, 0.2) is 0 Å². The Kier molecular flexibility index (Phi) is 4.57. The first-order chi connectivity index (χ1) is 12.3. The van der Waals surface area contributed by atoms with Crippen LogP contribution in [-0.4, -0.2) is 47.2 Å². The van der Waals surface area contributed by atoms with Gasteiger partial charge in [-0.3, -0.25) is 9.59 Å². The second-order valence-corrected chi connectivity index (χ2v) is 9.96. The van der Waals surface area contributed by atoms with E-state index in [0.717, 1.165) is 63.7 Å². The van der Waals surface area contributed by atoms with Gasteiger partial charge in [0.15, 0.2) is 6.61 Å². The highest BCUT2D eigenvalue weighted by Crippen LogP contribution is 2.61. The van der Waals surface area contributed by atoms with Crippen molar-refractivity contribution < 1.29 is 19.4 Å². The number of ether oxygens (including phenoxy) is 1. The van der Waals surface area contributed by atoms with Gasteiger partial charge in [0.05, 0.1) is 11.0 Å². The minimum absolute atomic E-state index is 0.0960. The van der Waals surface area contributed by atoms with Gasteiger partial charge in [-0.25, -0.2) is 0 Å². The first kappa shape index (κ1) is 18.3. The Morgan fingerprint density at radius 3 is 2.27 bits per heavy atom. The number of aliphatic hydroxyl groups is 1. The second kappa shape index (κ2) is 6.50. The standard InChI is InChI=1S/C21H33NO4/c1-14-3-5-17(6-4-14)22(2)18(23)12-26-19(24)20-8-15-7-16(9-20)11-21(25,10-15)13-20/h14-17,25H,3-13H2,1-2H3. The van der Waals surface area contributed by atoms with Gasteiger partial charge in [-0.05, 0) is 82.0 Å². The Labute approximate surface area is 156 Å². The molecule has 0 aromatic heterocycles. The lowest BCUT2D eigenvalue weighted by atomic mass is 9.48. The van der Waals surface area contributed by atoms with Crippen molar-refractivity contribution in [3.63, 3.8) is 0 Å².